The first-order valence-electron chi connectivity index (χ1n) is 7.88. The number of carbonyl (C=O) groups is 1. The number of piperidine rings is 1. The maximum Gasteiger partial charge on any atom is 0.186 e. The summed E-state index contributed by atoms with van der Waals surface area (Å²) in [6.07, 6.45) is 7.42. The number of hydrogen-bond acceptors (Lipinski definition) is 2. The predicted molar refractivity (Wildman–Crippen MR) is 85.1 cm³/mol. The number of carbonyl (C=O) groups excluding carboxylic acids is 1. The van der Waals surface area contributed by atoms with Crippen LogP contribution in [0.4, 0.5) is 4.39 Å². The Morgan fingerprint density at radius 2 is 1.76 bits per heavy atom. The molecule has 1 aliphatic heterocycles. The zero-order chi connectivity index (χ0) is 14.9. The molecule has 0 atom stereocenters. The minimum atomic E-state index is -0.456. The summed E-state index contributed by atoms with van der Waals surface area (Å²) in [5, 5.41) is 0. The molecule has 3 rings (SSSR count). The van der Waals surface area contributed by atoms with Gasteiger partial charge in [0, 0.05) is 4.47 Å². The minimum absolute atomic E-state index is 0.0132. The summed E-state index contributed by atoms with van der Waals surface area (Å²) in [4.78, 5) is 15.5. The van der Waals surface area contributed by atoms with Gasteiger partial charge in [-0.25, -0.2) is 4.39 Å². The van der Waals surface area contributed by atoms with Gasteiger partial charge in [0.25, 0.3) is 0 Å². The molecule has 2 aliphatic rings. The van der Waals surface area contributed by atoms with Crippen LogP contribution >= 0.6 is 15.9 Å². The SMILES string of the molecule is O=C(c1cc(Br)ccc1F)C1(N2CCCCC2)CCCC1. The van der Waals surface area contributed by atoms with E-state index in [0.29, 0.717) is 0 Å². The largest absolute Gasteiger partial charge is 0.292 e. The highest BCUT2D eigenvalue weighted by atomic mass is 79.9. The second kappa shape index (κ2) is 6.17. The second-order valence-corrected chi connectivity index (χ2v) is 7.16. The van der Waals surface area contributed by atoms with E-state index in [9.17, 15) is 9.18 Å². The molecule has 0 aromatic heterocycles. The average molecular weight is 354 g/mol. The molecule has 1 saturated carbocycles. The van der Waals surface area contributed by atoms with E-state index in [1.807, 2.05) is 0 Å². The van der Waals surface area contributed by atoms with Gasteiger partial charge in [0.2, 0.25) is 0 Å². The summed E-state index contributed by atoms with van der Waals surface area (Å²) in [6, 6.07) is 4.67. The van der Waals surface area contributed by atoms with Crippen molar-refractivity contribution < 1.29 is 9.18 Å². The second-order valence-electron chi connectivity index (χ2n) is 6.24. The van der Waals surface area contributed by atoms with Gasteiger partial charge in [-0.1, -0.05) is 35.2 Å². The van der Waals surface area contributed by atoms with E-state index in [2.05, 4.69) is 20.8 Å². The first kappa shape index (κ1) is 15.2. The zero-order valence-electron chi connectivity index (χ0n) is 12.2. The smallest absolute Gasteiger partial charge is 0.186 e. The van der Waals surface area contributed by atoms with Crippen molar-refractivity contribution in [3.05, 3.63) is 34.1 Å². The maximum absolute atomic E-state index is 14.2. The highest BCUT2D eigenvalue weighted by molar-refractivity contribution is 9.10. The molecule has 0 N–H and O–H groups in total. The van der Waals surface area contributed by atoms with E-state index < -0.39 is 11.4 Å². The summed E-state index contributed by atoms with van der Waals surface area (Å²) >= 11 is 3.35. The molecule has 114 valence electrons. The highest BCUT2D eigenvalue weighted by Gasteiger charge is 2.47. The van der Waals surface area contributed by atoms with Gasteiger partial charge in [-0.2, -0.15) is 0 Å². The van der Waals surface area contributed by atoms with Crippen LogP contribution in [0.1, 0.15) is 55.3 Å². The van der Waals surface area contributed by atoms with Crippen molar-refractivity contribution >= 4 is 21.7 Å². The van der Waals surface area contributed by atoms with E-state index in [1.165, 1.54) is 12.5 Å². The van der Waals surface area contributed by atoms with Gasteiger partial charge in [-0.05, 0) is 57.0 Å². The Balaban J connectivity index is 1.96. The number of hydrogen-bond donors (Lipinski definition) is 0. The number of likely N-dealkylation sites (tertiary alicyclic amines) is 1. The fourth-order valence-electron chi connectivity index (χ4n) is 3.89. The lowest BCUT2D eigenvalue weighted by Crippen LogP contribution is -2.54. The Kier molecular flexibility index (Phi) is 4.46. The Morgan fingerprint density at radius 3 is 2.43 bits per heavy atom. The van der Waals surface area contributed by atoms with E-state index in [0.717, 1.165) is 56.1 Å². The molecule has 2 nitrogen and oxygen atoms in total. The zero-order valence-corrected chi connectivity index (χ0v) is 13.8. The van der Waals surface area contributed by atoms with Gasteiger partial charge in [0.05, 0.1) is 11.1 Å². The summed E-state index contributed by atoms with van der Waals surface area (Å²) in [7, 11) is 0. The third-order valence-corrected chi connectivity index (χ3v) is 5.48. The lowest BCUT2D eigenvalue weighted by molar-refractivity contribution is 0.0473. The van der Waals surface area contributed by atoms with Crippen LogP contribution in [0.25, 0.3) is 0 Å². The molecule has 1 heterocycles. The lowest BCUT2D eigenvalue weighted by Gasteiger charge is -2.42. The highest BCUT2D eigenvalue weighted by Crippen LogP contribution is 2.40. The van der Waals surface area contributed by atoms with Gasteiger partial charge >= 0.3 is 0 Å². The number of halogens is 2. The molecule has 0 spiro atoms. The van der Waals surface area contributed by atoms with Gasteiger partial charge in [0.15, 0.2) is 5.78 Å². The predicted octanol–water partition coefficient (Wildman–Crippen LogP) is 4.57. The fraction of sp³-hybridized carbons (Fsp3) is 0.588. The Labute approximate surface area is 133 Å². The molecule has 1 aliphatic carbocycles. The molecule has 0 radical (unpaired) electrons. The molecule has 2 fully saturated rings. The van der Waals surface area contributed by atoms with Crippen molar-refractivity contribution in [2.75, 3.05) is 13.1 Å². The van der Waals surface area contributed by atoms with Crippen molar-refractivity contribution in [2.24, 2.45) is 0 Å². The third-order valence-electron chi connectivity index (χ3n) is 4.99. The molecule has 21 heavy (non-hydrogen) atoms. The summed E-state index contributed by atoms with van der Waals surface area (Å²) in [6.45, 7) is 1.95. The molecule has 0 amide bonds. The molecular weight excluding hydrogens is 333 g/mol. The van der Waals surface area contributed by atoms with Crippen molar-refractivity contribution in [3.8, 4) is 0 Å². The monoisotopic (exact) mass is 353 g/mol. The normalized spacial score (nSPS) is 22.4. The summed E-state index contributed by atoms with van der Waals surface area (Å²) in [5.41, 5.74) is -0.209. The van der Waals surface area contributed by atoms with Gasteiger partial charge in [-0.3, -0.25) is 9.69 Å². The van der Waals surface area contributed by atoms with E-state index >= 15 is 0 Å². The van der Waals surface area contributed by atoms with Crippen LogP contribution in [0, 0.1) is 5.82 Å². The molecule has 4 heteroatoms. The maximum atomic E-state index is 14.2. The van der Waals surface area contributed by atoms with Crippen LogP contribution in [-0.4, -0.2) is 29.3 Å². The van der Waals surface area contributed by atoms with Crippen LogP contribution in [0.15, 0.2) is 22.7 Å². The molecule has 0 unspecified atom stereocenters. The van der Waals surface area contributed by atoms with Crippen LogP contribution in [-0.2, 0) is 0 Å². The number of rotatable bonds is 3. The number of nitrogens with zero attached hydrogens (tertiary/aromatic N) is 1. The van der Waals surface area contributed by atoms with Crippen molar-refractivity contribution in [2.45, 2.75) is 50.5 Å². The average Bonchev–Trinajstić information content (AvgIpc) is 3.01. The summed E-state index contributed by atoms with van der Waals surface area (Å²) < 4.78 is 14.9. The molecule has 1 saturated heterocycles. The Morgan fingerprint density at radius 1 is 1.10 bits per heavy atom. The Hall–Kier alpha value is -0.740. The minimum Gasteiger partial charge on any atom is -0.292 e. The third kappa shape index (κ3) is 2.80. The van der Waals surface area contributed by atoms with Crippen molar-refractivity contribution in [1.29, 1.82) is 0 Å². The topological polar surface area (TPSA) is 20.3 Å². The van der Waals surface area contributed by atoms with Crippen LogP contribution in [0.5, 0.6) is 0 Å². The van der Waals surface area contributed by atoms with Crippen LogP contribution in [0.3, 0.4) is 0 Å². The van der Waals surface area contributed by atoms with Crippen molar-refractivity contribution in [3.63, 3.8) is 0 Å². The molecule has 1 aromatic rings. The molecule has 0 bridgehead atoms. The quantitative estimate of drug-likeness (QED) is 0.741. The first-order valence-corrected chi connectivity index (χ1v) is 8.68. The number of benzene rings is 1. The number of Topliss-reactive ketones (excluding diaryl/α,β-unsaturated/α-hetero) is 1. The number of ketones is 1. The van der Waals surface area contributed by atoms with Gasteiger partial charge in [0.1, 0.15) is 5.82 Å². The van der Waals surface area contributed by atoms with E-state index in [-0.39, 0.29) is 11.3 Å². The fourth-order valence-corrected chi connectivity index (χ4v) is 4.25. The molecule has 1 aromatic carbocycles. The lowest BCUT2D eigenvalue weighted by atomic mass is 9.84. The van der Waals surface area contributed by atoms with E-state index in [4.69, 9.17) is 0 Å². The van der Waals surface area contributed by atoms with Gasteiger partial charge < -0.3 is 0 Å². The van der Waals surface area contributed by atoms with E-state index in [1.54, 1.807) is 12.1 Å². The summed E-state index contributed by atoms with van der Waals surface area (Å²) in [5.74, 6) is -0.410. The van der Waals surface area contributed by atoms with Crippen LogP contribution < -0.4 is 0 Å². The van der Waals surface area contributed by atoms with Crippen LogP contribution in [0.2, 0.25) is 0 Å². The first-order chi connectivity index (χ1) is 10.1. The molecular formula is C17H21BrFNO. The Bertz CT molecular complexity index is 534. The van der Waals surface area contributed by atoms with Crippen molar-refractivity contribution in [1.82, 2.24) is 4.90 Å². The standard InChI is InChI=1S/C17H21BrFNO/c18-13-6-7-15(19)14(12-13)16(21)17(8-2-3-9-17)20-10-4-1-5-11-20/h6-7,12H,1-5,8-11H2. The van der Waals surface area contributed by atoms with Gasteiger partial charge in [-0.15, -0.1) is 0 Å².